The third kappa shape index (κ3) is 5.82. The van der Waals surface area contributed by atoms with Crippen LogP contribution in [-0.2, 0) is 0 Å². The SMILES string of the molecule is CCCCCNCC(C)N(C)C(C)c1cccc(Cl)c1. The Labute approximate surface area is 129 Å². The summed E-state index contributed by atoms with van der Waals surface area (Å²) in [6, 6.07) is 9.04. The molecule has 2 atom stereocenters. The van der Waals surface area contributed by atoms with Crippen molar-refractivity contribution in [1.29, 1.82) is 0 Å². The molecule has 0 aliphatic heterocycles. The molecule has 0 heterocycles. The van der Waals surface area contributed by atoms with Crippen molar-refractivity contribution >= 4 is 11.6 Å². The predicted octanol–water partition coefficient (Wildman–Crippen LogP) is 4.50. The van der Waals surface area contributed by atoms with Crippen molar-refractivity contribution in [2.24, 2.45) is 0 Å². The molecule has 0 radical (unpaired) electrons. The van der Waals surface area contributed by atoms with Gasteiger partial charge in [-0.15, -0.1) is 0 Å². The van der Waals surface area contributed by atoms with Crippen LogP contribution in [0.15, 0.2) is 24.3 Å². The van der Waals surface area contributed by atoms with Crippen LogP contribution in [0.2, 0.25) is 5.02 Å². The van der Waals surface area contributed by atoms with Gasteiger partial charge in [0.2, 0.25) is 0 Å². The fourth-order valence-electron chi connectivity index (χ4n) is 2.34. The first kappa shape index (κ1) is 17.5. The highest BCUT2D eigenvalue weighted by Crippen LogP contribution is 2.23. The lowest BCUT2D eigenvalue weighted by Crippen LogP contribution is -2.39. The number of unbranched alkanes of at least 4 members (excludes halogenated alkanes) is 2. The molecule has 2 nitrogen and oxygen atoms in total. The highest BCUT2D eigenvalue weighted by Gasteiger charge is 2.17. The Morgan fingerprint density at radius 2 is 2.00 bits per heavy atom. The van der Waals surface area contributed by atoms with Gasteiger partial charge in [-0.1, -0.05) is 43.5 Å². The van der Waals surface area contributed by atoms with Crippen molar-refractivity contribution in [2.45, 2.75) is 52.1 Å². The van der Waals surface area contributed by atoms with Crippen LogP contribution >= 0.6 is 11.6 Å². The number of halogens is 1. The second-order valence-electron chi connectivity index (χ2n) is 5.66. The number of likely N-dealkylation sites (N-methyl/N-ethyl adjacent to an activating group) is 1. The van der Waals surface area contributed by atoms with E-state index in [1.807, 2.05) is 12.1 Å². The summed E-state index contributed by atoms with van der Waals surface area (Å²) in [6.45, 7) is 8.90. The number of nitrogens with one attached hydrogen (secondary N) is 1. The quantitative estimate of drug-likeness (QED) is 0.675. The Kier molecular flexibility index (Phi) is 8.20. The van der Waals surface area contributed by atoms with Crippen molar-refractivity contribution in [2.75, 3.05) is 20.1 Å². The molecule has 0 aliphatic rings. The van der Waals surface area contributed by atoms with Crippen LogP contribution in [0.3, 0.4) is 0 Å². The minimum Gasteiger partial charge on any atom is -0.315 e. The molecular weight excluding hydrogens is 268 g/mol. The van der Waals surface area contributed by atoms with E-state index in [4.69, 9.17) is 11.6 Å². The van der Waals surface area contributed by atoms with Gasteiger partial charge in [0, 0.05) is 23.7 Å². The molecule has 0 fully saturated rings. The molecule has 2 unspecified atom stereocenters. The van der Waals surface area contributed by atoms with Crippen LogP contribution < -0.4 is 5.32 Å². The van der Waals surface area contributed by atoms with Gasteiger partial charge in [-0.25, -0.2) is 0 Å². The first-order chi connectivity index (χ1) is 9.56. The van der Waals surface area contributed by atoms with Crippen LogP contribution in [-0.4, -0.2) is 31.1 Å². The number of nitrogens with zero attached hydrogens (tertiary/aromatic N) is 1. The van der Waals surface area contributed by atoms with E-state index < -0.39 is 0 Å². The average Bonchev–Trinajstić information content (AvgIpc) is 2.45. The Morgan fingerprint density at radius 3 is 2.65 bits per heavy atom. The maximum absolute atomic E-state index is 6.07. The Balaban J connectivity index is 2.41. The predicted molar refractivity (Wildman–Crippen MR) is 89.5 cm³/mol. The zero-order valence-electron chi connectivity index (χ0n) is 13.3. The van der Waals surface area contributed by atoms with Crippen LogP contribution in [0.25, 0.3) is 0 Å². The zero-order valence-corrected chi connectivity index (χ0v) is 14.1. The van der Waals surface area contributed by atoms with Crippen molar-refractivity contribution in [3.05, 3.63) is 34.9 Å². The van der Waals surface area contributed by atoms with Gasteiger partial charge in [0.05, 0.1) is 0 Å². The van der Waals surface area contributed by atoms with Crippen LogP contribution in [0.1, 0.15) is 51.6 Å². The number of hydrogen-bond donors (Lipinski definition) is 1. The van der Waals surface area contributed by atoms with Gasteiger partial charge in [0.25, 0.3) is 0 Å². The van der Waals surface area contributed by atoms with E-state index in [1.165, 1.54) is 24.8 Å². The average molecular weight is 297 g/mol. The van der Waals surface area contributed by atoms with Gasteiger partial charge in [-0.2, -0.15) is 0 Å². The maximum Gasteiger partial charge on any atom is 0.0409 e. The van der Waals surface area contributed by atoms with Crippen molar-refractivity contribution < 1.29 is 0 Å². The summed E-state index contributed by atoms with van der Waals surface area (Å²) in [6.07, 6.45) is 3.87. The number of benzene rings is 1. The first-order valence-electron chi connectivity index (χ1n) is 7.74. The lowest BCUT2D eigenvalue weighted by molar-refractivity contribution is 0.193. The molecule has 0 saturated carbocycles. The summed E-state index contributed by atoms with van der Waals surface area (Å²) in [4.78, 5) is 2.40. The smallest absolute Gasteiger partial charge is 0.0409 e. The summed E-state index contributed by atoms with van der Waals surface area (Å²) in [5.74, 6) is 0. The summed E-state index contributed by atoms with van der Waals surface area (Å²) in [5, 5.41) is 4.36. The minimum absolute atomic E-state index is 0.376. The first-order valence-corrected chi connectivity index (χ1v) is 8.12. The maximum atomic E-state index is 6.07. The van der Waals surface area contributed by atoms with E-state index in [1.54, 1.807) is 0 Å². The highest BCUT2D eigenvalue weighted by molar-refractivity contribution is 6.30. The molecule has 0 bridgehead atoms. The van der Waals surface area contributed by atoms with E-state index in [9.17, 15) is 0 Å². The molecule has 1 rings (SSSR count). The van der Waals surface area contributed by atoms with Gasteiger partial charge in [-0.05, 0) is 51.6 Å². The molecule has 0 spiro atoms. The monoisotopic (exact) mass is 296 g/mol. The number of rotatable bonds is 9. The van der Waals surface area contributed by atoms with Gasteiger partial charge < -0.3 is 5.32 Å². The second kappa shape index (κ2) is 9.38. The molecular formula is C17H29ClN2. The summed E-state index contributed by atoms with van der Waals surface area (Å²) in [5.41, 5.74) is 1.28. The highest BCUT2D eigenvalue weighted by atomic mass is 35.5. The zero-order chi connectivity index (χ0) is 15.0. The minimum atomic E-state index is 0.376. The van der Waals surface area contributed by atoms with Gasteiger partial charge in [-0.3, -0.25) is 4.90 Å². The Hall–Kier alpha value is -0.570. The molecule has 1 aromatic rings. The van der Waals surface area contributed by atoms with E-state index in [0.29, 0.717) is 12.1 Å². The molecule has 1 N–H and O–H groups in total. The fourth-order valence-corrected chi connectivity index (χ4v) is 2.54. The number of hydrogen-bond acceptors (Lipinski definition) is 2. The third-order valence-electron chi connectivity index (χ3n) is 4.03. The molecule has 114 valence electrons. The fraction of sp³-hybridized carbons (Fsp3) is 0.647. The molecule has 3 heteroatoms. The van der Waals surface area contributed by atoms with E-state index in [0.717, 1.165) is 18.1 Å². The second-order valence-corrected chi connectivity index (χ2v) is 6.09. The van der Waals surface area contributed by atoms with Gasteiger partial charge in [0.1, 0.15) is 0 Å². The molecule has 0 saturated heterocycles. The van der Waals surface area contributed by atoms with Crippen LogP contribution in [0.4, 0.5) is 0 Å². The van der Waals surface area contributed by atoms with Crippen molar-refractivity contribution in [3.63, 3.8) is 0 Å². The molecule has 20 heavy (non-hydrogen) atoms. The summed E-state index contributed by atoms with van der Waals surface area (Å²) >= 11 is 6.07. The lowest BCUT2D eigenvalue weighted by Gasteiger charge is -2.31. The normalized spacial score (nSPS) is 14.5. The topological polar surface area (TPSA) is 15.3 Å². The van der Waals surface area contributed by atoms with Crippen LogP contribution in [0, 0.1) is 0 Å². The summed E-state index contributed by atoms with van der Waals surface area (Å²) < 4.78 is 0. The lowest BCUT2D eigenvalue weighted by atomic mass is 10.1. The molecule has 1 aromatic carbocycles. The van der Waals surface area contributed by atoms with Gasteiger partial charge in [0.15, 0.2) is 0 Å². The van der Waals surface area contributed by atoms with Crippen molar-refractivity contribution in [3.8, 4) is 0 Å². The standard InChI is InChI=1S/C17H29ClN2/c1-5-6-7-11-19-13-14(2)20(4)15(3)16-9-8-10-17(18)12-16/h8-10,12,14-15,19H,5-7,11,13H2,1-4H3. The van der Waals surface area contributed by atoms with E-state index >= 15 is 0 Å². The van der Waals surface area contributed by atoms with Crippen LogP contribution in [0.5, 0.6) is 0 Å². The largest absolute Gasteiger partial charge is 0.315 e. The summed E-state index contributed by atoms with van der Waals surface area (Å²) in [7, 11) is 2.18. The van der Waals surface area contributed by atoms with Gasteiger partial charge >= 0.3 is 0 Å². The third-order valence-corrected chi connectivity index (χ3v) is 4.27. The van der Waals surface area contributed by atoms with E-state index in [-0.39, 0.29) is 0 Å². The molecule has 0 aromatic heterocycles. The Morgan fingerprint density at radius 1 is 1.25 bits per heavy atom. The van der Waals surface area contributed by atoms with E-state index in [2.05, 4.69) is 50.2 Å². The Bertz CT molecular complexity index is 381. The molecule has 0 aliphatic carbocycles. The molecule has 0 amide bonds. The van der Waals surface area contributed by atoms with Crippen molar-refractivity contribution in [1.82, 2.24) is 10.2 Å².